The molecule has 0 aliphatic rings. The van der Waals surface area contributed by atoms with E-state index in [0.717, 1.165) is 0 Å². The van der Waals surface area contributed by atoms with E-state index in [4.69, 9.17) is 0 Å². The zero-order chi connectivity index (χ0) is 7.72. The van der Waals surface area contributed by atoms with Crippen LogP contribution in [0.15, 0.2) is 0 Å². The smallest absolute Gasteiger partial charge is 0.390 e. The molecular formula is C4H6N4O2. The summed E-state index contributed by atoms with van der Waals surface area (Å²) in [5.74, 6) is 0.309. The normalized spacial score (nSPS) is 9.80. The van der Waals surface area contributed by atoms with Crippen LogP contribution in [0, 0.1) is 17.0 Å². The molecule has 0 spiro atoms. The number of nitrogens with zero attached hydrogens (tertiary/aromatic N) is 4. The molecule has 1 rings (SSSR count). The third-order valence-corrected chi connectivity index (χ3v) is 1.23. The number of aromatic nitrogens is 3. The molecule has 0 fully saturated rings. The lowest BCUT2D eigenvalue weighted by Gasteiger charge is -1.91. The summed E-state index contributed by atoms with van der Waals surface area (Å²) in [5, 5.41) is 17.0. The Morgan fingerprint density at radius 2 is 2.20 bits per heavy atom. The molecule has 1 aromatic rings. The van der Waals surface area contributed by atoms with E-state index < -0.39 is 4.92 Å². The van der Waals surface area contributed by atoms with Gasteiger partial charge in [-0.15, -0.1) is 0 Å². The van der Waals surface area contributed by atoms with Crippen LogP contribution in [0.4, 0.5) is 5.95 Å². The van der Waals surface area contributed by atoms with E-state index in [1.54, 1.807) is 14.0 Å². The molecule has 54 valence electrons. The molecule has 0 N–H and O–H groups in total. The summed E-state index contributed by atoms with van der Waals surface area (Å²) in [4.78, 5) is 9.55. The zero-order valence-corrected chi connectivity index (χ0v) is 5.61. The Hall–Kier alpha value is -1.46. The fraction of sp³-hybridized carbons (Fsp3) is 0.500. The molecule has 0 radical (unpaired) electrons. The van der Waals surface area contributed by atoms with Gasteiger partial charge >= 0.3 is 5.95 Å². The molecule has 6 nitrogen and oxygen atoms in total. The molecule has 0 bridgehead atoms. The number of nitro groups is 1. The Kier molecular flexibility index (Phi) is 1.37. The van der Waals surface area contributed by atoms with Crippen LogP contribution in [0.2, 0.25) is 0 Å². The van der Waals surface area contributed by atoms with Gasteiger partial charge in [0, 0.05) is 6.92 Å². The second-order valence-electron chi connectivity index (χ2n) is 1.86. The second-order valence-corrected chi connectivity index (χ2v) is 1.86. The molecule has 0 saturated heterocycles. The van der Waals surface area contributed by atoms with E-state index >= 15 is 0 Å². The molecule has 0 amide bonds. The van der Waals surface area contributed by atoms with Gasteiger partial charge in [-0.1, -0.05) is 0 Å². The maximum absolute atomic E-state index is 10.1. The SMILES string of the molecule is Cc1nnc([N+](=O)[O-])n1C. The monoisotopic (exact) mass is 142 g/mol. The van der Waals surface area contributed by atoms with Crippen molar-refractivity contribution in [2.24, 2.45) is 7.05 Å². The third kappa shape index (κ3) is 0.831. The molecule has 0 unspecified atom stereocenters. The first kappa shape index (κ1) is 6.66. The van der Waals surface area contributed by atoms with E-state index in [1.807, 2.05) is 0 Å². The number of aryl methyl sites for hydroxylation is 1. The Labute approximate surface area is 56.6 Å². The van der Waals surface area contributed by atoms with Crippen molar-refractivity contribution in [3.8, 4) is 0 Å². The lowest BCUT2D eigenvalue weighted by Crippen LogP contribution is -1.99. The highest BCUT2D eigenvalue weighted by atomic mass is 16.6. The number of rotatable bonds is 1. The Morgan fingerprint density at radius 1 is 1.60 bits per heavy atom. The highest BCUT2D eigenvalue weighted by Gasteiger charge is 2.15. The zero-order valence-electron chi connectivity index (χ0n) is 5.61. The van der Waals surface area contributed by atoms with E-state index in [9.17, 15) is 10.1 Å². The maximum atomic E-state index is 10.1. The summed E-state index contributed by atoms with van der Waals surface area (Å²) >= 11 is 0. The van der Waals surface area contributed by atoms with Gasteiger partial charge in [0.15, 0.2) is 0 Å². The minimum atomic E-state index is -0.569. The quantitative estimate of drug-likeness (QED) is 0.409. The van der Waals surface area contributed by atoms with Gasteiger partial charge in [0.2, 0.25) is 5.82 Å². The summed E-state index contributed by atoms with van der Waals surface area (Å²) in [6, 6.07) is 0. The Balaban J connectivity index is 3.17. The molecule has 10 heavy (non-hydrogen) atoms. The first-order valence-electron chi connectivity index (χ1n) is 2.63. The summed E-state index contributed by atoms with van der Waals surface area (Å²) in [7, 11) is 1.55. The first-order valence-corrected chi connectivity index (χ1v) is 2.63. The number of hydrogen-bond donors (Lipinski definition) is 0. The van der Waals surface area contributed by atoms with Gasteiger partial charge in [0.05, 0.1) is 12.1 Å². The van der Waals surface area contributed by atoms with E-state index in [0.29, 0.717) is 5.82 Å². The Morgan fingerprint density at radius 3 is 2.40 bits per heavy atom. The molecule has 0 aromatic carbocycles. The van der Waals surface area contributed by atoms with Gasteiger partial charge in [-0.25, -0.2) is 4.57 Å². The maximum Gasteiger partial charge on any atom is 0.458 e. The fourth-order valence-corrected chi connectivity index (χ4v) is 0.555. The van der Waals surface area contributed by atoms with Crippen molar-refractivity contribution < 1.29 is 4.92 Å². The number of hydrogen-bond acceptors (Lipinski definition) is 4. The van der Waals surface area contributed by atoms with E-state index in [-0.39, 0.29) is 5.95 Å². The van der Waals surface area contributed by atoms with Crippen LogP contribution in [-0.4, -0.2) is 19.7 Å². The van der Waals surface area contributed by atoms with Gasteiger partial charge in [0.25, 0.3) is 0 Å². The third-order valence-electron chi connectivity index (χ3n) is 1.23. The summed E-state index contributed by atoms with van der Waals surface area (Å²) in [5.41, 5.74) is 0. The highest BCUT2D eigenvalue weighted by molar-refractivity contribution is 5.05. The van der Waals surface area contributed by atoms with Crippen LogP contribution >= 0.6 is 0 Å². The van der Waals surface area contributed by atoms with Gasteiger partial charge in [-0.05, 0) is 10.0 Å². The molecule has 0 aliphatic carbocycles. The van der Waals surface area contributed by atoms with E-state index in [2.05, 4.69) is 10.2 Å². The molecule has 0 aliphatic heterocycles. The van der Waals surface area contributed by atoms with Gasteiger partial charge < -0.3 is 10.1 Å². The molecule has 6 heteroatoms. The topological polar surface area (TPSA) is 73.8 Å². The van der Waals surface area contributed by atoms with Crippen molar-refractivity contribution >= 4 is 5.95 Å². The average molecular weight is 142 g/mol. The molecule has 0 saturated carbocycles. The van der Waals surface area contributed by atoms with Crippen molar-refractivity contribution in [1.29, 1.82) is 0 Å². The molecular weight excluding hydrogens is 136 g/mol. The predicted molar refractivity (Wildman–Crippen MR) is 32.4 cm³/mol. The van der Waals surface area contributed by atoms with Gasteiger partial charge in [-0.2, -0.15) is 0 Å². The minimum absolute atomic E-state index is 0.225. The highest BCUT2D eigenvalue weighted by Crippen LogP contribution is 2.04. The van der Waals surface area contributed by atoms with Crippen LogP contribution in [0.25, 0.3) is 0 Å². The van der Waals surface area contributed by atoms with Crippen molar-refractivity contribution in [1.82, 2.24) is 14.8 Å². The minimum Gasteiger partial charge on any atom is -0.390 e. The van der Waals surface area contributed by atoms with Crippen molar-refractivity contribution in [2.45, 2.75) is 6.92 Å². The fourth-order valence-electron chi connectivity index (χ4n) is 0.555. The van der Waals surface area contributed by atoms with Crippen molar-refractivity contribution in [3.05, 3.63) is 15.9 Å². The summed E-state index contributed by atoms with van der Waals surface area (Å²) < 4.78 is 1.32. The largest absolute Gasteiger partial charge is 0.458 e. The lowest BCUT2D eigenvalue weighted by molar-refractivity contribution is -0.396. The first-order chi connectivity index (χ1) is 4.63. The lowest BCUT2D eigenvalue weighted by atomic mass is 10.7. The Bertz CT molecular complexity index is 266. The average Bonchev–Trinajstić information content (AvgIpc) is 2.14. The molecule has 1 aromatic heterocycles. The van der Waals surface area contributed by atoms with Crippen LogP contribution in [0.3, 0.4) is 0 Å². The van der Waals surface area contributed by atoms with Crippen LogP contribution in [0.5, 0.6) is 0 Å². The standard InChI is InChI=1S/C4H6N4O2/c1-3-5-6-4(7(3)2)8(9)10/h1-2H3. The molecule has 0 atom stereocenters. The van der Waals surface area contributed by atoms with Crippen LogP contribution < -0.4 is 0 Å². The van der Waals surface area contributed by atoms with E-state index in [1.165, 1.54) is 4.57 Å². The van der Waals surface area contributed by atoms with Gasteiger partial charge in [-0.3, -0.25) is 0 Å². The van der Waals surface area contributed by atoms with Gasteiger partial charge in [0.1, 0.15) is 0 Å². The van der Waals surface area contributed by atoms with Crippen molar-refractivity contribution in [3.63, 3.8) is 0 Å². The van der Waals surface area contributed by atoms with Crippen molar-refractivity contribution in [2.75, 3.05) is 0 Å². The van der Waals surface area contributed by atoms with Crippen LogP contribution in [-0.2, 0) is 7.05 Å². The predicted octanol–water partition coefficient (Wildman–Crippen LogP) is 0.0317. The summed E-state index contributed by atoms with van der Waals surface area (Å²) in [6.45, 7) is 1.65. The molecule has 1 heterocycles. The van der Waals surface area contributed by atoms with Crippen LogP contribution in [0.1, 0.15) is 5.82 Å². The summed E-state index contributed by atoms with van der Waals surface area (Å²) in [6.07, 6.45) is 0. The second kappa shape index (κ2) is 2.05.